The van der Waals surface area contributed by atoms with E-state index in [0.29, 0.717) is 0 Å². The van der Waals surface area contributed by atoms with Crippen molar-refractivity contribution in [3.8, 4) is 0 Å². The summed E-state index contributed by atoms with van der Waals surface area (Å²) < 4.78 is 0. The number of nitrogens with one attached hydrogen (secondary N) is 3. The van der Waals surface area contributed by atoms with Crippen LogP contribution in [0.3, 0.4) is 0 Å². The molecule has 5 amide bonds. The number of carboxylic acid groups (broad SMARTS) is 2. The number of nitrogens with two attached hydrogens (primary N) is 3. The molecule has 0 aromatic rings. The quantitative estimate of drug-likeness (QED) is 0.141. The molecule has 0 bridgehead atoms. The molecular weight excluding hydrogens is 396 g/mol. The van der Waals surface area contributed by atoms with Crippen molar-refractivity contribution in [3.05, 3.63) is 0 Å². The Morgan fingerprint density at radius 1 is 0.690 bits per heavy atom. The van der Waals surface area contributed by atoms with Crippen LogP contribution < -0.4 is 33.2 Å². The highest BCUT2D eigenvalue weighted by atomic mass is 16.4. The molecule has 0 saturated heterocycles. The summed E-state index contributed by atoms with van der Waals surface area (Å²) in [5.41, 5.74) is 15.0. The van der Waals surface area contributed by atoms with Crippen LogP contribution in [0, 0.1) is 0 Å². The van der Waals surface area contributed by atoms with Gasteiger partial charge in [0.05, 0.1) is 25.8 Å². The maximum atomic E-state index is 12.3. The van der Waals surface area contributed by atoms with E-state index in [1.807, 2.05) is 16.0 Å². The Bertz CT molecular complexity index is 695. The lowest BCUT2D eigenvalue weighted by Gasteiger charge is -2.23. The molecule has 15 heteroatoms. The fraction of sp³-hybridized carbons (Fsp3) is 0.500. The molecule has 3 atom stereocenters. The zero-order valence-corrected chi connectivity index (χ0v) is 15.0. The van der Waals surface area contributed by atoms with Gasteiger partial charge in [0.25, 0.3) is 0 Å². The fourth-order valence-electron chi connectivity index (χ4n) is 1.99. The number of amides is 5. The average Bonchev–Trinajstić information content (AvgIpc) is 2.58. The number of primary amides is 2. The van der Waals surface area contributed by atoms with Gasteiger partial charge >= 0.3 is 11.9 Å². The minimum Gasteiger partial charge on any atom is -0.481 e. The number of hydrogen-bond donors (Lipinski definition) is 8. The highest BCUT2D eigenvalue weighted by Gasteiger charge is 2.31. The Hall–Kier alpha value is -3.75. The van der Waals surface area contributed by atoms with Gasteiger partial charge in [-0.25, -0.2) is 4.79 Å². The number of rotatable bonds is 13. The fourth-order valence-corrected chi connectivity index (χ4v) is 1.99. The molecule has 162 valence electrons. The highest BCUT2D eigenvalue weighted by molar-refractivity contribution is 5.97. The first kappa shape index (κ1) is 25.2. The van der Waals surface area contributed by atoms with Crippen molar-refractivity contribution in [2.75, 3.05) is 6.54 Å². The first-order valence-corrected chi connectivity index (χ1v) is 7.98. The molecule has 29 heavy (non-hydrogen) atoms. The van der Waals surface area contributed by atoms with Gasteiger partial charge in [0.1, 0.15) is 18.1 Å². The molecule has 0 heterocycles. The molecule has 0 aliphatic rings. The molecule has 0 aliphatic carbocycles. The van der Waals surface area contributed by atoms with Crippen LogP contribution >= 0.6 is 0 Å². The molecule has 11 N–H and O–H groups in total. The number of hydrogen-bond acceptors (Lipinski definition) is 8. The Morgan fingerprint density at radius 3 is 1.48 bits per heavy atom. The second-order valence-corrected chi connectivity index (χ2v) is 5.72. The molecule has 3 unspecified atom stereocenters. The van der Waals surface area contributed by atoms with Crippen LogP contribution in [0.4, 0.5) is 0 Å². The second-order valence-electron chi connectivity index (χ2n) is 5.72. The summed E-state index contributed by atoms with van der Waals surface area (Å²) in [5.74, 6) is -8.42. The normalized spacial score (nSPS) is 13.3. The van der Waals surface area contributed by atoms with E-state index in [-0.39, 0.29) is 0 Å². The van der Waals surface area contributed by atoms with Gasteiger partial charge < -0.3 is 43.4 Å². The predicted molar refractivity (Wildman–Crippen MR) is 92.4 cm³/mol. The van der Waals surface area contributed by atoms with Gasteiger partial charge in [-0.05, 0) is 0 Å². The van der Waals surface area contributed by atoms with E-state index in [0.717, 1.165) is 0 Å². The van der Waals surface area contributed by atoms with Crippen LogP contribution in [-0.2, 0) is 33.6 Å². The standard InChI is InChI=1S/C14H22N6O9/c15-4-10(23)18-6(3-11(24)25)13(27)19-5(1-8(16)21)12(26)20-7(14(28)29)2-9(17)22/h5-7H,1-4,15H2,(H2,16,21)(H2,17,22)(H,18,23)(H,19,27)(H,20,26)(H,24,25)(H,28,29). The first-order chi connectivity index (χ1) is 13.4. The Kier molecular flexibility index (Phi) is 10.3. The molecule has 0 saturated carbocycles. The molecule has 0 spiro atoms. The summed E-state index contributed by atoms with van der Waals surface area (Å²) in [6.45, 7) is -0.554. The highest BCUT2D eigenvalue weighted by Crippen LogP contribution is 2.00. The summed E-state index contributed by atoms with van der Waals surface area (Å²) in [4.78, 5) is 80.0. The third-order valence-electron chi connectivity index (χ3n) is 3.27. The molecule has 0 aromatic carbocycles. The number of aliphatic carboxylic acids is 2. The molecule has 0 aromatic heterocycles. The first-order valence-electron chi connectivity index (χ1n) is 7.98. The van der Waals surface area contributed by atoms with E-state index in [4.69, 9.17) is 27.4 Å². The maximum absolute atomic E-state index is 12.3. The zero-order chi connectivity index (χ0) is 22.7. The number of carbonyl (C=O) groups excluding carboxylic acids is 5. The van der Waals surface area contributed by atoms with Gasteiger partial charge in [-0.3, -0.25) is 28.8 Å². The van der Waals surface area contributed by atoms with Crippen LogP contribution in [0.25, 0.3) is 0 Å². The maximum Gasteiger partial charge on any atom is 0.326 e. The lowest BCUT2D eigenvalue weighted by molar-refractivity contribution is -0.144. The van der Waals surface area contributed by atoms with Crippen molar-refractivity contribution in [2.24, 2.45) is 17.2 Å². The number of carbonyl (C=O) groups is 7. The third kappa shape index (κ3) is 10.2. The summed E-state index contributed by atoms with van der Waals surface area (Å²) in [6, 6.07) is -5.12. The van der Waals surface area contributed by atoms with Crippen molar-refractivity contribution in [3.63, 3.8) is 0 Å². The number of carboxylic acids is 2. The van der Waals surface area contributed by atoms with E-state index >= 15 is 0 Å². The lowest BCUT2D eigenvalue weighted by Crippen LogP contribution is -2.57. The Labute approximate surface area is 163 Å². The van der Waals surface area contributed by atoms with Crippen LogP contribution in [0.2, 0.25) is 0 Å². The second kappa shape index (κ2) is 11.9. The van der Waals surface area contributed by atoms with Crippen molar-refractivity contribution in [2.45, 2.75) is 37.4 Å². The summed E-state index contributed by atoms with van der Waals surface area (Å²) >= 11 is 0. The minimum atomic E-state index is -1.75. The van der Waals surface area contributed by atoms with Crippen molar-refractivity contribution in [1.29, 1.82) is 0 Å². The molecular formula is C14H22N6O9. The molecule has 0 rings (SSSR count). The lowest BCUT2D eigenvalue weighted by atomic mass is 10.1. The average molecular weight is 418 g/mol. The van der Waals surface area contributed by atoms with Crippen LogP contribution in [0.15, 0.2) is 0 Å². The van der Waals surface area contributed by atoms with Gasteiger partial charge in [0, 0.05) is 0 Å². The summed E-state index contributed by atoms with van der Waals surface area (Å²) in [6.07, 6.45) is -2.43. The van der Waals surface area contributed by atoms with E-state index in [1.165, 1.54) is 0 Å². The van der Waals surface area contributed by atoms with E-state index in [1.54, 1.807) is 0 Å². The molecule has 0 fully saturated rings. The Morgan fingerprint density at radius 2 is 1.10 bits per heavy atom. The smallest absolute Gasteiger partial charge is 0.326 e. The topological polar surface area (TPSA) is 274 Å². The van der Waals surface area contributed by atoms with Gasteiger partial charge in [-0.2, -0.15) is 0 Å². The molecule has 15 nitrogen and oxygen atoms in total. The van der Waals surface area contributed by atoms with Gasteiger partial charge in [-0.1, -0.05) is 0 Å². The molecule has 0 radical (unpaired) electrons. The van der Waals surface area contributed by atoms with Crippen LogP contribution in [0.5, 0.6) is 0 Å². The third-order valence-corrected chi connectivity index (χ3v) is 3.27. The van der Waals surface area contributed by atoms with E-state index in [9.17, 15) is 33.6 Å². The largest absolute Gasteiger partial charge is 0.481 e. The summed E-state index contributed by atoms with van der Waals surface area (Å²) in [7, 11) is 0. The van der Waals surface area contributed by atoms with Crippen molar-refractivity contribution in [1.82, 2.24) is 16.0 Å². The van der Waals surface area contributed by atoms with Crippen molar-refractivity contribution < 1.29 is 43.8 Å². The molecule has 0 aliphatic heterocycles. The van der Waals surface area contributed by atoms with E-state index in [2.05, 4.69) is 0 Å². The zero-order valence-electron chi connectivity index (χ0n) is 15.0. The van der Waals surface area contributed by atoms with Crippen LogP contribution in [0.1, 0.15) is 19.3 Å². The predicted octanol–water partition coefficient (Wildman–Crippen LogP) is -5.29. The Balaban J connectivity index is 5.43. The SMILES string of the molecule is NCC(=O)NC(CC(=O)O)C(=O)NC(CC(N)=O)C(=O)NC(CC(N)=O)C(=O)O. The van der Waals surface area contributed by atoms with Gasteiger partial charge in [0.15, 0.2) is 0 Å². The van der Waals surface area contributed by atoms with E-state index < -0.39 is 85.4 Å². The minimum absolute atomic E-state index is 0.554. The van der Waals surface area contributed by atoms with Gasteiger partial charge in [0.2, 0.25) is 29.5 Å². The van der Waals surface area contributed by atoms with Gasteiger partial charge in [-0.15, -0.1) is 0 Å². The summed E-state index contributed by atoms with van der Waals surface area (Å²) in [5, 5.41) is 23.8. The monoisotopic (exact) mass is 418 g/mol. The van der Waals surface area contributed by atoms with Crippen molar-refractivity contribution >= 4 is 41.5 Å². The van der Waals surface area contributed by atoms with Crippen LogP contribution in [-0.4, -0.2) is 76.4 Å².